The minimum absolute atomic E-state index is 0.0839. The molecule has 1 saturated heterocycles. The molecule has 0 aromatic carbocycles. The summed E-state index contributed by atoms with van der Waals surface area (Å²) in [4.78, 5) is 11.4. The Hall–Kier alpha value is -0.350. The molecular formula is C10H13NOS2. The van der Waals surface area contributed by atoms with Crippen molar-refractivity contribution in [3.63, 3.8) is 0 Å². The zero-order valence-electron chi connectivity index (χ0n) is 7.91. The van der Waals surface area contributed by atoms with Gasteiger partial charge in [0.15, 0.2) is 0 Å². The Morgan fingerprint density at radius 1 is 1.36 bits per heavy atom. The van der Waals surface area contributed by atoms with Gasteiger partial charge in [-0.3, -0.25) is 4.79 Å². The van der Waals surface area contributed by atoms with Crippen LogP contribution < -0.4 is 5.32 Å². The molecule has 0 spiro atoms. The molecule has 4 heteroatoms. The van der Waals surface area contributed by atoms with Crippen LogP contribution in [0.2, 0.25) is 0 Å². The largest absolute Gasteiger partial charge is 0.337 e. The lowest BCUT2D eigenvalue weighted by molar-refractivity contribution is -0.107. The SMILES string of the molecule is O=C1SC(=S)NC1=CC1CCCCC1. The monoisotopic (exact) mass is 227 g/mol. The maximum atomic E-state index is 11.4. The Labute approximate surface area is 93.5 Å². The number of hydrogen-bond acceptors (Lipinski definition) is 3. The number of carbonyl (C=O) groups excluding carboxylic acids is 1. The van der Waals surface area contributed by atoms with Crippen LogP contribution in [0.15, 0.2) is 11.8 Å². The van der Waals surface area contributed by atoms with Crippen molar-refractivity contribution in [2.75, 3.05) is 0 Å². The van der Waals surface area contributed by atoms with Crippen LogP contribution in [0, 0.1) is 5.92 Å². The van der Waals surface area contributed by atoms with Crippen LogP contribution >= 0.6 is 24.0 Å². The fourth-order valence-corrected chi connectivity index (χ4v) is 2.87. The normalized spacial score (nSPS) is 27.0. The molecule has 0 amide bonds. The van der Waals surface area contributed by atoms with E-state index in [4.69, 9.17) is 12.2 Å². The van der Waals surface area contributed by atoms with Gasteiger partial charge in [-0.15, -0.1) is 0 Å². The zero-order chi connectivity index (χ0) is 9.97. The molecule has 0 radical (unpaired) electrons. The first kappa shape index (κ1) is 10.2. The molecule has 2 fully saturated rings. The van der Waals surface area contributed by atoms with Crippen molar-refractivity contribution >= 4 is 33.4 Å². The highest BCUT2D eigenvalue weighted by Gasteiger charge is 2.23. The molecule has 1 aliphatic heterocycles. The van der Waals surface area contributed by atoms with E-state index in [1.165, 1.54) is 32.1 Å². The lowest BCUT2D eigenvalue weighted by Gasteiger charge is -2.18. The minimum Gasteiger partial charge on any atom is -0.337 e. The number of allylic oxidation sites excluding steroid dienone is 1. The van der Waals surface area contributed by atoms with E-state index in [-0.39, 0.29) is 5.12 Å². The first-order valence-electron chi connectivity index (χ1n) is 5.01. The molecular weight excluding hydrogens is 214 g/mol. The molecule has 1 heterocycles. The summed E-state index contributed by atoms with van der Waals surface area (Å²) in [5.41, 5.74) is 0.715. The first-order chi connectivity index (χ1) is 6.75. The van der Waals surface area contributed by atoms with E-state index < -0.39 is 0 Å². The molecule has 2 rings (SSSR count). The summed E-state index contributed by atoms with van der Waals surface area (Å²) < 4.78 is 0.594. The molecule has 0 aromatic rings. The summed E-state index contributed by atoms with van der Waals surface area (Å²) in [6.07, 6.45) is 8.44. The van der Waals surface area contributed by atoms with Gasteiger partial charge in [0.25, 0.3) is 0 Å². The molecule has 0 unspecified atom stereocenters. The van der Waals surface area contributed by atoms with Gasteiger partial charge in [0.05, 0.1) is 5.70 Å². The van der Waals surface area contributed by atoms with E-state index in [0.29, 0.717) is 15.9 Å². The summed E-state index contributed by atoms with van der Waals surface area (Å²) in [5.74, 6) is 0.580. The number of nitrogens with one attached hydrogen (secondary N) is 1. The highest BCUT2D eigenvalue weighted by Crippen LogP contribution is 2.28. The maximum absolute atomic E-state index is 11.4. The van der Waals surface area contributed by atoms with Crippen LogP contribution in [-0.4, -0.2) is 9.44 Å². The highest BCUT2D eigenvalue weighted by atomic mass is 32.2. The predicted molar refractivity (Wildman–Crippen MR) is 63.0 cm³/mol. The van der Waals surface area contributed by atoms with Crippen molar-refractivity contribution in [1.82, 2.24) is 5.32 Å². The third-order valence-electron chi connectivity index (χ3n) is 2.69. The summed E-state index contributed by atoms with van der Waals surface area (Å²) >= 11 is 6.06. The molecule has 0 aromatic heterocycles. The summed E-state index contributed by atoms with van der Waals surface area (Å²) in [6, 6.07) is 0. The van der Waals surface area contributed by atoms with Gasteiger partial charge in [0.1, 0.15) is 4.32 Å². The van der Waals surface area contributed by atoms with Crippen molar-refractivity contribution in [2.24, 2.45) is 5.92 Å². The van der Waals surface area contributed by atoms with Crippen LogP contribution in [0.4, 0.5) is 0 Å². The molecule has 1 N–H and O–H groups in total. The number of hydrogen-bond donors (Lipinski definition) is 1. The van der Waals surface area contributed by atoms with Crippen molar-refractivity contribution in [3.05, 3.63) is 11.8 Å². The average Bonchev–Trinajstić information content (AvgIpc) is 2.47. The lowest BCUT2D eigenvalue weighted by Crippen LogP contribution is -2.13. The summed E-state index contributed by atoms with van der Waals surface area (Å²) in [7, 11) is 0. The molecule has 76 valence electrons. The molecule has 2 aliphatic rings. The number of thiocarbonyl (C=S) groups is 1. The van der Waals surface area contributed by atoms with Crippen molar-refractivity contribution in [1.29, 1.82) is 0 Å². The van der Waals surface area contributed by atoms with E-state index in [0.717, 1.165) is 11.8 Å². The lowest BCUT2D eigenvalue weighted by atomic mass is 9.89. The Balaban J connectivity index is 2.02. The third-order valence-corrected chi connectivity index (χ3v) is 3.74. The minimum atomic E-state index is 0.0839. The van der Waals surface area contributed by atoms with Gasteiger partial charge in [0.2, 0.25) is 5.12 Å². The second kappa shape index (κ2) is 4.45. The summed E-state index contributed by atoms with van der Waals surface area (Å²) in [5, 5.41) is 3.04. The van der Waals surface area contributed by atoms with Gasteiger partial charge in [-0.1, -0.05) is 37.6 Å². The molecule has 0 atom stereocenters. The van der Waals surface area contributed by atoms with Gasteiger partial charge < -0.3 is 5.32 Å². The number of thioether (sulfide) groups is 1. The fourth-order valence-electron chi connectivity index (χ4n) is 1.97. The van der Waals surface area contributed by atoms with E-state index in [9.17, 15) is 4.79 Å². The van der Waals surface area contributed by atoms with Crippen molar-refractivity contribution < 1.29 is 4.79 Å². The molecule has 1 saturated carbocycles. The van der Waals surface area contributed by atoms with E-state index in [1.807, 2.05) is 0 Å². The maximum Gasteiger partial charge on any atom is 0.242 e. The topological polar surface area (TPSA) is 29.1 Å². The molecule has 1 aliphatic carbocycles. The van der Waals surface area contributed by atoms with Crippen LogP contribution in [0.5, 0.6) is 0 Å². The third kappa shape index (κ3) is 2.36. The Bertz CT molecular complexity index is 292. The van der Waals surface area contributed by atoms with E-state index >= 15 is 0 Å². The number of carbonyl (C=O) groups is 1. The zero-order valence-corrected chi connectivity index (χ0v) is 9.55. The molecule has 0 bridgehead atoms. The van der Waals surface area contributed by atoms with Gasteiger partial charge >= 0.3 is 0 Å². The predicted octanol–water partition coefficient (Wildman–Crippen LogP) is 2.60. The van der Waals surface area contributed by atoms with Gasteiger partial charge in [-0.05, 0) is 30.5 Å². The van der Waals surface area contributed by atoms with Crippen LogP contribution in [0.25, 0.3) is 0 Å². The average molecular weight is 227 g/mol. The standard InChI is InChI=1S/C10H13NOS2/c12-9-8(11-10(13)14-9)6-7-4-2-1-3-5-7/h6-7H,1-5H2,(H,11,13). The number of rotatable bonds is 1. The smallest absolute Gasteiger partial charge is 0.242 e. The Morgan fingerprint density at radius 2 is 2.07 bits per heavy atom. The van der Waals surface area contributed by atoms with E-state index in [2.05, 4.69) is 11.4 Å². The Morgan fingerprint density at radius 3 is 2.64 bits per heavy atom. The van der Waals surface area contributed by atoms with Crippen LogP contribution in [0.3, 0.4) is 0 Å². The van der Waals surface area contributed by atoms with Crippen LogP contribution in [-0.2, 0) is 4.79 Å². The summed E-state index contributed by atoms with van der Waals surface area (Å²) in [6.45, 7) is 0. The van der Waals surface area contributed by atoms with Gasteiger partial charge in [0, 0.05) is 0 Å². The second-order valence-electron chi connectivity index (χ2n) is 3.78. The van der Waals surface area contributed by atoms with Crippen molar-refractivity contribution in [3.8, 4) is 0 Å². The van der Waals surface area contributed by atoms with Crippen LogP contribution in [0.1, 0.15) is 32.1 Å². The molecule has 2 nitrogen and oxygen atoms in total. The quantitative estimate of drug-likeness (QED) is 0.551. The van der Waals surface area contributed by atoms with E-state index in [1.54, 1.807) is 0 Å². The fraction of sp³-hybridized carbons (Fsp3) is 0.600. The van der Waals surface area contributed by atoms with Gasteiger partial charge in [-0.25, -0.2) is 0 Å². The first-order valence-corrected chi connectivity index (χ1v) is 6.23. The van der Waals surface area contributed by atoms with Crippen molar-refractivity contribution in [2.45, 2.75) is 32.1 Å². The second-order valence-corrected chi connectivity index (χ2v) is 5.43. The molecule has 14 heavy (non-hydrogen) atoms. The highest BCUT2D eigenvalue weighted by molar-refractivity contribution is 8.33. The van der Waals surface area contributed by atoms with Gasteiger partial charge in [-0.2, -0.15) is 0 Å². The Kier molecular flexibility index (Phi) is 3.23.